The summed E-state index contributed by atoms with van der Waals surface area (Å²) in [4.78, 5) is 20.1. The van der Waals surface area contributed by atoms with Gasteiger partial charge in [0.05, 0.1) is 11.4 Å². The van der Waals surface area contributed by atoms with Crippen LogP contribution < -0.4 is 0 Å². The maximum atomic E-state index is 11.4. The second-order valence-electron chi connectivity index (χ2n) is 4.80. The van der Waals surface area contributed by atoms with Crippen LogP contribution in [0.2, 0.25) is 0 Å². The molecule has 0 unspecified atom stereocenters. The van der Waals surface area contributed by atoms with Gasteiger partial charge in [-0.3, -0.25) is 0 Å². The van der Waals surface area contributed by atoms with Crippen LogP contribution in [-0.2, 0) is 5.75 Å². The number of aryl methyl sites for hydroxylation is 1. The lowest BCUT2D eigenvalue weighted by Gasteiger charge is -2.11. The van der Waals surface area contributed by atoms with E-state index in [2.05, 4.69) is 25.9 Å². The van der Waals surface area contributed by atoms with Crippen molar-refractivity contribution in [2.75, 3.05) is 0 Å². The van der Waals surface area contributed by atoms with E-state index in [4.69, 9.17) is 4.42 Å². The van der Waals surface area contributed by atoms with Gasteiger partial charge in [-0.05, 0) is 35.0 Å². The lowest BCUT2D eigenvalue weighted by Crippen LogP contribution is -2.10. The molecule has 2 aromatic rings. The standard InChI is InChI=1S/C14H15BrN2O3S/c1-7(2)12-16-8(3)11(14(18)19)13(17-12)21-6-9-4-5-10(15)20-9/h4-5,7H,6H2,1-3H3,(H,18,19). The van der Waals surface area contributed by atoms with Crippen molar-refractivity contribution in [3.05, 3.63) is 39.6 Å². The van der Waals surface area contributed by atoms with Crippen LogP contribution in [0.4, 0.5) is 0 Å². The summed E-state index contributed by atoms with van der Waals surface area (Å²) in [6.45, 7) is 5.66. The highest BCUT2D eigenvalue weighted by molar-refractivity contribution is 9.10. The largest absolute Gasteiger partial charge is 0.478 e. The highest BCUT2D eigenvalue weighted by Gasteiger charge is 2.19. The summed E-state index contributed by atoms with van der Waals surface area (Å²) in [6, 6.07) is 3.65. The molecule has 112 valence electrons. The van der Waals surface area contributed by atoms with Crippen molar-refractivity contribution in [3.8, 4) is 0 Å². The number of carboxylic acid groups (broad SMARTS) is 1. The summed E-state index contributed by atoms with van der Waals surface area (Å²) in [7, 11) is 0. The molecule has 0 spiro atoms. The van der Waals surface area contributed by atoms with Gasteiger partial charge in [0, 0.05) is 5.92 Å². The molecule has 0 aliphatic heterocycles. The van der Waals surface area contributed by atoms with E-state index >= 15 is 0 Å². The summed E-state index contributed by atoms with van der Waals surface area (Å²) in [5.41, 5.74) is 0.652. The maximum absolute atomic E-state index is 11.4. The molecular formula is C14H15BrN2O3S. The van der Waals surface area contributed by atoms with Crippen LogP contribution >= 0.6 is 27.7 Å². The highest BCUT2D eigenvalue weighted by Crippen LogP contribution is 2.29. The Morgan fingerprint density at radius 2 is 2.14 bits per heavy atom. The third-order valence-electron chi connectivity index (χ3n) is 2.78. The molecule has 0 aromatic carbocycles. The fourth-order valence-electron chi connectivity index (χ4n) is 1.75. The van der Waals surface area contributed by atoms with Gasteiger partial charge in [-0.2, -0.15) is 0 Å². The van der Waals surface area contributed by atoms with Gasteiger partial charge in [-0.25, -0.2) is 14.8 Å². The lowest BCUT2D eigenvalue weighted by molar-refractivity contribution is 0.0690. The van der Waals surface area contributed by atoms with Crippen LogP contribution in [-0.4, -0.2) is 21.0 Å². The molecule has 7 heteroatoms. The first-order valence-corrected chi connectivity index (χ1v) is 8.15. The minimum absolute atomic E-state index is 0.142. The number of aromatic carboxylic acids is 1. The van der Waals surface area contributed by atoms with Crippen molar-refractivity contribution < 1.29 is 14.3 Å². The number of halogens is 1. The molecule has 1 N–H and O–H groups in total. The highest BCUT2D eigenvalue weighted by atomic mass is 79.9. The third kappa shape index (κ3) is 3.85. The number of thioether (sulfide) groups is 1. The molecule has 0 aliphatic rings. The first-order chi connectivity index (χ1) is 9.88. The van der Waals surface area contributed by atoms with Crippen LogP contribution in [0.15, 0.2) is 26.2 Å². The Morgan fingerprint density at radius 1 is 1.43 bits per heavy atom. The Labute approximate surface area is 135 Å². The number of carbonyl (C=O) groups is 1. The van der Waals surface area contributed by atoms with Gasteiger partial charge < -0.3 is 9.52 Å². The van der Waals surface area contributed by atoms with E-state index in [1.807, 2.05) is 19.9 Å². The summed E-state index contributed by atoms with van der Waals surface area (Å²) >= 11 is 4.58. The molecule has 0 bridgehead atoms. The Kier molecular flexibility index (Phi) is 5.05. The number of hydrogen-bond donors (Lipinski definition) is 1. The molecule has 0 radical (unpaired) electrons. The molecule has 2 rings (SSSR count). The quantitative estimate of drug-likeness (QED) is 0.625. The van der Waals surface area contributed by atoms with E-state index in [1.54, 1.807) is 13.0 Å². The number of hydrogen-bond acceptors (Lipinski definition) is 5. The zero-order valence-corrected chi connectivity index (χ0v) is 14.3. The van der Waals surface area contributed by atoms with E-state index < -0.39 is 5.97 Å². The topological polar surface area (TPSA) is 76.2 Å². The van der Waals surface area contributed by atoms with Gasteiger partial charge in [0.1, 0.15) is 22.2 Å². The third-order valence-corrected chi connectivity index (χ3v) is 4.21. The number of furan rings is 1. The van der Waals surface area contributed by atoms with Crippen molar-refractivity contribution in [2.45, 2.75) is 37.5 Å². The number of carboxylic acids is 1. The Balaban J connectivity index is 2.32. The normalized spacial score (nSPS) is 11.1. The zero-order valence-electron chi connectivity index (χ0n) is 11.9. The molecule has 0 atom stereocenters. The van der Waals surface area contributed by atoms with Crippen molar-refractivity contribution in [3.63, 3.8) is 0 Å². The lowest BCUT2D eigenvalue weighted by atomic mass is 10.2. The Morgan fingerprint density at radius 3 is 2.67 bits per heavy atom. The van der Waals surface area contributed by atoms with E-state index in [0.717, 1.165) is 5.76 Å². The summed E-state index contributed by atoms with van der Waals surface area (Å²) in [5.74, 6) is 1.06. The fraction of sp³-hybridized carbons (Fsp3) is 0.357. The van der Waals surface area contributed by atoms with Gasteiger partial charge in [0.15, 0.2) is 4.67 Å². The van der Waals surface area contributed by atoms with Crippen LogP contribution in [0.25, 0.3) is 0 Å². The molecule has 2 heterocycles. The molecule has 0 amide bonds. The van der Waals surface area contributed by atoms with E-state index in [-0.39, 0.29) is 11.5 Å². The molecule has 0 saturated carbocycles. The monoisotopic (exact) mass is 370 g/mol. The van der Waals surface area contributed by atoms with Crippen LogP contribution in [0.5, 0.6) is 0 Å². The first kappa shape index (κ1) is 16.0. The first-order valence-electron chi connectivity index (χ1n) is 6.37. The van der Waals surface area contributed by atoms with Gasteiger partial charge in [-0.1, -0.05) is 25.6 Å². The van der Waals surface area contributed by atoms with E-state index in [9.17, 15) is 9.90 Å². The minimum Gasteiger partial charge on any atom is -0.478 e. The second-order valence-corrected chi connectivity index (χ2v) is 6.55. The van der Waals surface area contributed by atoms with Crippen LogP contribution in [0.3, 0.4) is 0 Å². The molecule has 2 aromatic heterocycles. The van der Waals surface area contributed by atoms with Gasteiger partial charge >= 0.3 is 5.97 Å². The average molecular weight is 371 g/mol. The zero-order chi connectivity index (χ0) is 15.6. The summed E-state index contributed by atoms with van der Waals surface area (Å²) < 4.78 is 6.07. The fourth-order valence-corrected chi connectivity index (χ4v) is 3.06. The van der Waals surface area contributed by atoms with Crippen molar-refractivity contribution in [1.29, 1.82) is 0 Å². The average Bonchev–Trinajstić information content (AvgIpc) is 2.80. The van der Waals surface area contributed by atoms with Crippen LogP contribution in [0.1, 0.15) is 47.4 Å². The number of nitrogens with zero attached hydrogens (tertiary/aromatic N) is 2. The second kappa shape index (κ2) is 6.62. The van der Waals surface area contributed by atoms with Crippen molar-refractivity contribution in [1.82, 2.24) is 9.97 Å². The smallest absolute Gasteiger partial charge is 0.340 e. The molecule has 5 nitrogen and oxygen atoms in total. The Bertz CT molecular complexity index is 670. The van der Waals surface area contributed by atoms with Crippen LogP contribution in [0, 0.1) is 6.92 Å². The predicted molar refractivity (Wildman–Crippen MR) is 83.8 cm³/mol. The van der Waals surface area contributed by atoms with Gasteiger partial charge in [-0.15, -0.1) is 0 Å². The summed E-state index contributed by atoms with van der Waals surface area (Å²) in [6.07, 6.45) is 0. The predicted octanol–water partition coefficient (Wildman–Crippen LogP) is 4.25. The van der Waals surface area contributed by atoms with Crippen molar-refractivity contribution >= 4 is 33.7 Å². The molecule has 21 heavy (non-hydrogen) atoms. The molecule has 0 fully saturated rings. The van der Waals surface area contributed by atoms with Gasteiger partial charge in [0.2, 0.25) is 0 Å². The Hall–Kier alpha value is -1.34. The maximum Gasteiger partial charge on any atom is 0.340 e. The number of rotatable bonds is 5. The van der Waals surface area contributed by atoms with Gasteiger partial charge in [0.25, 0.3) is 0 Å². The van der Waals surface area contributed by atoms with Crippen molar-refractivity contribution in [2.24, 2.45) is 0 Å². The number of aromatic nitrogens is 2. The molecule has 0 aliphatic carbocycles. The SMILES string of the molecule is Cc1nc(C(C)C)nc(SCc2ccc(Br)o2)c1C(=O)O. The van der Waals surface area contributed by atoms with E-state index in [0.29, 0.717) is 27.0 Å². The molecule has 0 saturated heterocycles. The molecular weight excluding hydrogens is 356 g/mol. The van der Waals surface area contributed by atoms with E-state index in [1.165, 1.54) is 11.8 Å². The summed E-state index contributed by atoms with van der Waals surface area (Å²) in [5, 5.41) is 9.83. The minimum atomic E-state index is -1.01.